The van der Waals surface area contributed by atoms with Crippen molar-refractivity contribution in [2.45, 2.75) is 26.4 Å². The fourth-order valence-electron chi connectivity index (χ4n) is 2.64. The normalized spacial score (nSPS) is 13.0. The maximum atomic E-state index is 12.3. The number of hydrogen-bond acceptors (Lipinski definition) is 5. The molecule has 1 aliphatic heterocycles. The van der Waals surface area contributed by atoms with E-state index < -0.39 is 11.1 Å². The van der Waals surface area contributed by atoms with E-state index in [4.69, 9.17) is 0 Å². The molecule has 1 aromatic carbocycles. The lowest BCUT2D eigenvalue weighted by atomic mass is 10.3. The summed E-state index contributed by atoms with van der Waals surface area (Å²) in [5.74, 6) is 0.0501. The van der Waals surface area contributed by atoms with Gasteiger partial charge >= 0.3 is 11.1 Å². The highest BCUT2D eigenvalue weighted by atomic mass is 16.2. The van der Waals surface area contributed by atoms with E-state index in [2.05, 4.69) is 10.4 Å². The second kappa shape index (κ2) is 6.69. The van der Waals surface area contributed by atoms with Gasteiger partial charge in [0.25, 0.3) is 0 Å². The summed E-state index contributed by atoms with van der Waals surface area (Å²) >= 11 is 0. The maximum Gasteiger partial charge on any atom is 0.333 e. The first-order valence-corrected chi connectivity index (χ1v) is 7.93. The highest BCUT2D eigenvalue weighted by molar-refractivity contribution is 5.75. The van der Waals surface area contributed by atoms with Crippen molar-refractivity contribution in [3.8, 4) is 0 Å². The van der Waals surface area contributed by atoms with Crippen LogP contribution in [0.5, 0.6) is 0 Å². The highest BCUT2D eigenvalue weighted by Crippen LogP contribution is 2.25. The second-order valence-electron chi connectivity index (χ2n) is 5.56. The van der Waals surface area contributed by atoms with Crippen molar-refractivity contribution < 1.29 is 4.79 Å². The number of carbonyl (C=O) groups excluding carboxylic acids is 1. The number of rotatable bonds is 5. The lowest BCUT2D eigenvalue weighted by Crippen LogP contribution is -2.44. The van der Waals surface area contributed by atoms with Gasteiger partial charge < -0.3 is 10.2 Å². The fourth-order valence-corrected chi connectivity index (χ4v) is 2.64. The Labute approximate surface area is 138 Å². The van der Waals surface area contributed by atoms with Gasteiger partial charge in [-0.3, -0.25) is 19.0 Å². The summed E-state index contributed by atoms with van der Waals surface area (Å²) in [5, 5.41) is 6.93. The van der Waals surface area contributed by atoms with Crippen molar-refractivity contribution in [3.05, 3.63) is 51.0 Å². The molecule has 126 valence electrons. The molecule has 2 aromatic rings. The zero-order valence-electron chi connectivity index (χ0n) is 13.4. The van der Waals surface area contributed by atoms with Gasteiger partial charge in [-0.15, -0.1) is 5.10 Å². The number of nitrogens with one attached hydrogen (secondary N) is 1. The van der Waals surface area contributed by atoms with E-state index in [1.54, 1.807) is 0 Å². The SMILES string of the molecule is CCCNC(=O)Cn1nc2n(c(=O)c1=O)CCN2c1ccccc1. The third-order valence-electron chi connectivity index (χ3n) is 3.84. The molecular weight excluding hydrogens is 310 g/mol. The van der Waals surface area contributed by atoms with Gasteiger partial charge in [-0.05, 0) is 18.6 Å². The molecule has 8 heteroatoms. The third-order valence-corrected chi connectivity index (χ3v) is 3.84. The Bertz CT molecular complexity index is 856. The first kappa shape index (κ1) is 16.0. The summed E-state index contributed by atoms with van der Waals surface area (Å²) in [4.78, 5) is 38.2. The summed E-state index contributed by atoms with van der Waals surface area (Å²) in [7, 11) is 0. The molecule has 0 saturated carbocycles. The molecule has 0 bridgehead atoms. The minimum atomic E-state index is -0.777. The van der Waals surface area contributed by atoms with Crippen molar-refractivity contribution in [3.63, 3.8) is 0 Å². The van der Waals surface area contributed by atoms with Gasteiger partial charge in [0, 0.05) is 25.3 Å². The Balaban J connectivity index is 1.97. The molecule has 0 spiro atoms. The number of hydrogen-bond donors (Lipinski definition) is 1. The third kappa shape index (κ3) is 2.94. The quantitative estimate of drug-likeness (QED) is 0.785. The summed E-state index contributed by atoms with van der Waals surface area (Å²) in [6.07, 6.45) is 0.794. The molecule has 8 nitrogen and oxygen atoms in total. The van der Waals surface area contributed by atoms with Crippen molar-refractivity contribution in [1.29, 1.82) is 0 Å². The van der Waals surface area contributed by atoms with E-state index in [1.807, 2.05) is 42.2 Å². The second-order valence-corrected chi connectivity index (χ2v) is 5.56. The van der Waals surface area contributed by atoms with Crippen molar-refractivity contribution in [2.75, 3.05) is 18.0 Å². The fraction of sp³-hybridized carbons (Fsp3) is 0.375. The van der Waals surface area contributed by atoms with E-state index in [1.165, 1.54) is 4.57 Å². The summed E-state index contributed by atoms with van der Waals surface area (Å²) in [5.41, 5.74) is -0.543. The summed E-state index contributed by atoms with van der Waals surface area (Å²) in [6, 6.07) is 9.50. The predicted octanol–water partition coefficient (Wildman–Crippen LogP) is 0.0829. The minimum absolute atomic E-state index is 0.259. The van der Waals surface area contributed by atoms with Crippen LogP contribution >= 0.6 is 0 Å². The Morgan fingerprint density at radius 3 is 2.62 bits per heavy atom. The van der Waals surface area contributed by atoms with Crippen molar-refractivity contribution in [1.82, 2.24) is 19.7 Å². The molecule has 0 saturated heterocycles. The maximum absolute atomic E-state index is 12.3. The van der Waals surface area contributed by atoms with Gasteiger partial charge in [0.15, 0.2) is 0 Å². The number of para-hydroxylation sites is 1. The molecule has 0 unspecified atom stereocenters. The van der Waals surface area contributed by atoms with Crippen LogP contribution < -0.4 is 21.3 Å². The van der Waals surface area contributed by atoms with E-state index in [9.17, 15) is 14.4 Å². The van der Waals surface area contributed by atoms with Gasteiger partial charge in [-0.2, -0.15) is 0 Å². The average Bonchev–Trinajstić information content (AvgIpc) is 3.02. The Kier molecular flexibility index (Phi) is 4.45. The van der Waals surface area contributed by atoms with Crippen molar-refractivity contribution >= 4 is 17.5 Å². The predicted molar refractivity (Wildman–Crippen MR) is 89.5 cm³/mol. The Morgan fingerprint density at radius 1 is 1.17 bits per heavy atom. The lowest BCUT2D eigenvalue weighted by Gasteiger charge is -2.17. The van der Waals surface area contributed by atoms with Crippen LogP contribution in [0.4, 0.5) is 11.6 Å². The minimum Gasteiger partial charge on any atom is -0.355 e. The van der Waals surface area contributed by atoms with E-state index in [0.717, 1.165) is 16.8 Å². The van der Waals surface area contributed by atoms with Crippen LogP contribution in [0.1, 0.15) is 13.3 Å². The van der Waals surface area contributed by atoms with Crippen LogP contribution in [0.2, 0.25) is 0 Å². The number of anilines is 2. The molecule has 1 N–H and O–H groups in total. The number of aromatic nitrogens is 3. The number of nitrogens with zero attached hydrogens (tertiary/aromatic N) is 4. The average molecular weight is 329 g/mol. The molecule has 2 heterocycles. The molecule has 3 rings (SSSR count). The molecule has 0 radical (unpaired) electrons. The van der Waals surface area contributed by atoms with Crippen LogP contribution in [0.15, 0.2) is 39.9 Å². The van der Waals surface area contributed by atoms with Gasteiger partial charge in [-0.25, -0.2) is 4.68 Å². The van der Waals surface area contributed by atoms with Gasteiger partial charge in [0.1, 0.15) is 6.54 Å². The molecular formula is C16H19N5O3. The van der Waals surface area contributed by atoms with Gasteiger partial charge in [0.2, 0.25) is 11.9 Å². The number of benzene rings is 1. The number of carbonyl (C=O) groups is 1. The largest absolute Gasteiger partial charge is 0.355 e. The van der Waals surface area contributed by atoms with E-state index >= 15 is 0 Å². The first-order valence-electron chi connectivity index (χ1n) is 7.93. The number of amides is 1. The summed E-state index contributed by atoms with van der Waals surface area (Å²) in [6.45, 7) is 3.15. The molecule has 0 fully saturated rings. The van der Waals surface area contributed by atoms with E-state index in [-0.39, 0.29) is 12.5 Å². The van der Waals surface area contributed by atoms with E-state index in [0.29, 0.717) is 25.6 Å². The molecule has 0 atom stereocenters. The van der Waals surface area contributed by atoms with Crippen molar-refractivity contribution in [2.24, 2.45) is 0 Å². The zero-order chi connectivity index (χ0) is 17.1. The van der Waals surface area contributed by atoms with Gasteiger partial charge in [-0.1, -0.05) is 25.1 Å². The topological polar surface area (TPSA) is 89.2 Å². The van der Waals surface area contributed by atoms with Crippen LogP contribution in [0, 0.1) is 0 Å². The monoisotopic (exact) mass is 329 g/mol. The summed E-state index contributed by atoms with van der Waals surface area (Å²) < 4.78 is 2.30. The molecule has 1 aromatic heterocycles. The lowest BCUT2D eigenvalue weighted by molar-refractivity contribution is -0.121. The van der Waals surface area contributed by atoms with Crippen LogP contribution in [-0.2, 0) is 17.9 Å². The molecule has 1 amide bonds. The first-order chi connectivity index (χ1) is 11.6. The smallest absolute Gasteiger partial charge is 0.333 e. The van der Waals surface area contributed by atoms with Crippen LogP contribution in [-0.4, -0.2) is 33.3 Å². The van der Waals surface area contributed by atoms with Crippen LogP contribution in [0.3, 0.4) is 0 Å². The zero-order valence-corrected chi connectivity index (χ0v) is 13.4. The Morgan fingerprint density at radius 2 is 1.92 bits per heavy atom. The number of fused-ring (bicyclic) bond motifs is 1. The molecule has 1 aliphatic rings. The molecule has 0 aliphatic carbocycles. The standard InChI is InChI=1S/C16H19N5O3/c1-2-8-17-13(22)11-21-15(24)14(23)20-10-9-19(16(20)18-21)12-6-4-3-5-7-12/h3-7H,2,8-11H2,1H3,(H,17,22). The molecule has 24 heavy (non-hydrogen) atoms. The Hall–Kier alpha value is -2.90. The van der Waals surface area contributed by atoms with Crippen LogP contribution in [0.25, 0.3) is 0 Å². The van der Waals surface area contributed by atoms with Gasteiger partial charge in [0.05, 0.1) is 0 Å². The highest BCUT2D eigenvalue weighted by Gasteiger charge is 2.26.